The van der Waals surface area contributed by atoms with Gasteiger partial charge in [0.25, 0.3) is 0 Å². The van der Waals surface area contributed by atoms with Gasteiger partial charge in [0, 0.05) is 14.1 Å². The summed E-state index contributed by atoms with van der Waals surface area (Å²) in [7, 11) is 3.54. The van der Waals surface area contributed by atoms with Gasteiger partial charge in [-0.1, -0.05) is 48.5 Å². The largest absolute Gasteiger partial charge is 0.367 e. The number of carbonyl (C=O) groups is 1. The van der Waals surface area contributed by atoms with Crippen LogP contribution in [0.4, 0.5) is 5.69 Å². The highest BCUT2D eigenvalue weighted by molar-refractivity contribution is 5.86. The van der Waals surface area contributed by atoms with Crippen LogP contribution in [0.15, 0.2) is 60.7 Å². The number of carbonyl (C=O) groups excluding carboxylic acids is 1. The summed E-state index contributed by atoms with van der Waals surface area (Å²) in [5.74, 6) is 0.00228. The zero-order valence-corrected chi connectivity index (χ0v) is 15.6. The maximum Gasteiger partial charge on any atom is 0.249 e. The van der Waals surface area contributed by atoms with E-state index in [9.17, 15) is 4.79 Å². The van der Waals surface area contributed by atoms with Gasteiger partial charge in [0.05, 0.1) is 22.8 Å². The molecule has 26 heavy (non-hydrogen) atoms. The standard InChI is InChI=1S/C21H24N4O/c1-15-19(16(2)25(23-15)18-13-9-6-10-14-18)22-20(21(26)24(3)4)17-11-7-5-8-12-17/h5-14,20,22H,1-4H3/t20-/m1/s1. The number of amides is 1. The Balaban J connectivity index is 2.00. The summed E-state index contributed by atoms with van der Waals surface area (Å²) in [6.45, 7) is 3.97. The summed E-state index contributed by atoms with van der Waals surface area (Å²) in [5.41, 5.74) is 4.65. The fourth-order valence-corrected chi connectivity index (χ4v) is 3.01. The molecule has 0 fully saturated rings. The van der Waals surface area contributed by atoms with E-state index in [0.717, 1.165) is 28.3 Å². The molecule has 3 aromatic rings. The molecule has 0 spiro atoms. The summed E-state index contributed by atoms with van der Waals surface area (Å²) in [5, 5.41) is 8.09. The molecule has 0 aliphatic rings. The van der Waals surface area contributed by atoms with Crippen LogP contribution in [0.3, 0.4) is 0 Å². The van der Waals surface area contributed by atoms with Crippen molar-refractivity contribution in [2.75, 3.05) is 19.4 Å². The minimum absolute atomic E-state index is 0.00228. The number of likely N-dealkylation sites (N-methyl/N-ethyl adjacent to an activating group) is 1. The summed E-state index contributed by atoms with van der Waals surface area (Å²) in [4.78, 5) is 14.4. The van der Waals surface area contributed by atoms with Crippen molar-refractivity contribution in [3.63, 3.8) is 0 Å². The Morgan fingerprint density at radius 3 is 2.15 bits per heavy atom. The van der Waals surface area contributed by atoms with Crippen molar-refractivity contribution in [2.45, 2.75) is 19.9 Å². The van der Waals surface area contributed by atoms with E-state index in [0.29, 0.717) is 0 Å². The first-order chi connectivity index (χ1) is 12.5. The molecule has 1 amide bonds. The minimum atomic E-state index is -0.461. The van der Waals surface area contributed by atoms with E-state index in [1.165, 1.54) is 0 Å². The van der Waals surface area contributed by atoms with Crippen LogP contribution in [0.5, 0.6) is 0 Å². The van der Waals surface area contributed by atoms with Crippen LogP contribution in [-0.4, -0.2) is 34.7 Å². The van der Waals surface area contributed by atoms with Gasteiger partial charge in [-0.25, -0.2) is 4.68 Å². The van der Waals surface area contributed by atoms with Crippen molar-refractivity contribution in [3.05, 3.63) is 77.6 Å². The smallest absolute Gasteiger partial charge is 0.249 e. The number of anilines is 1. The number of hydrogen-bond donors (Lipinski definition) is 1. The second-order valence-electron chi connectivity index (χ2n) is 6.51. The fraction of sp³-hybridized carbons (Fsp3) is 0.238. The van der Waals surface area contributed by atoms with Crippen molar-refractivity contribution in [1.82, 2.24) is 14.7 Å². The maximum atomic E-state index is 12.8. The molecular formula is C21H24N4O. The molecule has 1 heterocycles. The topological polar surface area (TPSA) is 50.2 Å². The predicted octanol–water partition coefficient (Wildman–Crippen LogP) is 3.73. The van der Waals surface area contributed by atoms with Gasteiger partial charge < -0.3 is 10.2 Å². The number of hydrogen-bond acceptors (Lipinski definition) is 3. The molecular weight excluding hydrogens is 324 g/mol. The Kier molecular flexibility index (Phi) is 5.07. The zero-order valence-electron chi connectivity index (χ0n) is 15.6. The monoisotopic (exact) mass is 348 g/mol. The van der Waals surface area contributed by atoms with Crippen molar-refractivity contribution in [1.29, 1.82) is 0 Å². The number of benzene rings is 2. The number of aromatic nitrogens is 2. The minimum Gasteiger partial charge on any atom is -0.367 e. The lowest BCUT2D eigenvalue weighted by Gasteiger charge is -2.23. The average Bonchev–Trinajstić information content (AvgIpc) is 2.94. The van der Waals surface area contributed by atoms with Crippen LogP contribution in [0, 0.1) is 13.8 Å². The summed E-state index contributed by atoms with van der Waals surface area (Å²) in [6, 6.07) is 19.3. The maximum absolute atomic E-state index is 12.8. The predicted molar refractivity (Wildman–Crippen MR) is 105 cm³/mol. The van der Waals surface area contributed by atoms with E-state index in [2.05, 4.69) is 10.4 Å². The zero-order chi connectivity index (χ0) is 18.7. The first-order valence-corrected chi connectivity index (χ1v) is 8.63. The number of nitrogens with zero attached hydrogens (tertiary/aromatic N) is 3. The molecule has 1 N–H and O–H groups in total. The van der Waals surface area contributed by atoms with E-state index in [4.69, 9.17) is 0 Å². The van der Waals surface area contributed by atoms with E-state index >= 15 is 0 Å². The summed E-state index contributed by atoms with van der Waals surface area (Å²) >= 11 is 0. The van der Waals surface area contributed by atoms with Crippen LogP contribution in [-0.2, 0) is 4.79 Å². The van der Waals surface area contributed by atoms with E-state index < -0.39 is 6.04 Å². The van der Waals surface area contributed by atoms with Crippen molar-refractivity contribution in [3.8, 4) is 5.69 Å². The molecule has 0 radical (unpaired) electrons. The quantitative estimate of drug-likeness (QED) is 0.764. The normalized spacial score (nSPS) is 11.8. The lowest BCUT2D eigenvalue weighted by Crippen LogP contribution is -2.32. The third-order valence-corrected chi connectivity index (χ3v) is 4.40. The first kappa shape index (κ1) is 17.7. The molecule has 0 saturated carbocycles. The molecule has 0 bridgehead atoms. The highest BCUT2D eigenvalue weighted by atomic mass is 16.2. The summed E-state index contributed by atoms with van der Waals surface area (Å²) < 4.78 is 1.90. The van der Waals surface area contributed by atoms with Crippen molar-refractivity contribution in [2.24, 2.45) is 0 Å². The molecule has 0 aliphatic heterocycles. The van der Waals surface area contributed by atoms with Crippen LogP contribution in [0.2, 0.25) is 0 Å². The molecule has 0 unspecified atom stereocenters. The third-order valence-electron chi connectivity index (χ3n) is 4.40. The SMILES string of the molecule is Cc1nn(-c2ccccc2)c(C)c1N[C@@H](C(=O)N(C)C)c1ccccc1. The van der Waals surface area contributed by atoms with Gasteiger partial charge in [0.15, 0.2) is 0 Å². The highest BCUT2D eigenvalue weighted by Gasteiger charge is 2.25. The van der Waals surface area contributed by atoms with Crippen LogP contribution in [0.25, 0.3) is 5.69 Å². The Morgan fingerprint density at radius 1 is 1.00 bits per heavy atom. The number of rotatable bonds is 5. The first-order valence-electron chi connectivity index (χ1n) is 8.63. The van der Waals surface area contributed by atoms with Crippen LogP contribution in [0.1, 0.15) is 23.0 Å². The molecule has 1 atom stereocenters. The number of aryl methyl sites for hydroxylation is 1. The van der Waals surface area contributed by atoms with Gasteiger partial charge in [-0.15, -0.1) is 0 Å². The molecule has 0 saturated heterocycles. The third kappa shape index (κ3) is 3.47. The van der Waals surface area contributed by atoms with Gasteiger partial charge in [-0.05, 0) is 31.5 Å². The average molecular weight is 348 g/mol. The van der Waals surface area contributed by atoms with Gasteiger partial charge >= 0.3 is 0 Å². The lowest BCUT2D eigenvalue weighted by atomic mass is 10.1. The molecule has 134 valence electrons. The Hall–Kier alpha value is -3.08. The van der Waals surface area contributed by atoms with Crippen LogP contribution >= 0.6 is 0 Å². The lowest BCUT2D eigenvalue weighted by molar-refractivity contribution is -0.129. The Labute approximate surface area is 154 Å². The number of nitrogens with one attached hydrogen (secondary N) is 1. The van der Waals surface area contributed by atoms with E-state index in [1.54, 1.807) is 19.0 Å². The van der Waals surface area contributed by atoms with E-state index in [-0.39, 0.29) is 5.91 Å². The van der Waals surface area contributed by atoms with Gasteiger partial charge in [-0.3, -0.25) is 4.79 Å². The highest BCUT2D eigenvalue weighted by Crippen LogP contribution is 2.28. The van der Waals surface area contributed by atoms with Crippen molar-refractivity contribution >= 4 is 11.6 Å². The van der Waals surface area contributed by atoms with Gasteiger partial charge in [0.1, 0.15) is 6.04 Å². The van der Waals surface area contributed by atoms with E-state index in [1.807, 2.05) is 79.2 Å². The molecule has 0 aliphatic carbocycles. The Bertz CT molecular complexity index is 885. The molecule has 3 rings (SSSR count). The van der Waals surface area contributed by atoms with Gasteiger partial charge in [-0.2, -0.15) is 5.10 Å². The Morgan fingerprint density at radius 2 is 1.58 bits per heavy atom. The summed E-state index contributed by atoms with van der Waals surface area (Å²) in [6.07, 6.45) is 0. The second kappa shape index (κ2) is 7.44. The van der Waals surface area contributed by atoms with Gasteiger partial charge in [0.2, 0.25) is 5.91 Å². The molecule has 5 nitrogen and oxygen atoms in total. The fourth-order valence-electron chi connectivity index (χ4n) is 3.01. The number of para-hydroxylation sites is 1. The van der Waals surface area contributed by atoms with Crippen LogP contribution < -0.4 is 5.32 Å². The molecule has 5 heteroatoms. The van der Waals surface area contributed by atoms with Crippen molar-refractivity contribution < 1.29 is 4.79 Å². The second-order valence-corrected chi connectivity index (χ2v) is 6.51. The molecule has 1 aromatic heterocycles. The molecule has 2 aromatic carbocycles.